The molecule has 0 radical (unpaired) electrons. The van der Waals surface area contributed by atoms with Crippen LogP contribution in [0.3, 0.4) is 0 Å². The lowest BCUT2D eigenvalue weighted by Gasteiger charge is -2.38. The van der Waals surface area contributed by atoms with Crippen LogP contribution in [0, 0.1) is 0 Å². The molecule has 2 heterocycles. The van der Waals surface area contributed by atoms with Crippen molar-refractivity contribution in [3.05, 3.63) is 18.2 Å². The first-order valence-corrected chi connectivity index (χ1v) is 8.30. The molecule has 0 aliphatic carbocycles. The van der Waals surface area contributed by atoms with Crippen LogP contribution in [-0.4, -0.2) is 43.7 Å². The standard InChI is InChI=1S/C17H27N3O/c1-2-14-13-20(12-11-19-9-4-3-5-10-19)17-15(18)7-6-8-16(17)21-14/h6-8,14H,2-5,9-13,18H2,1H3. The van der Waals surface area contributed by atoms with E-state index in [-0.39, 0.29) is 6.10 Å². The van der Waals surface area contributed by atoms with Gasteiger partial charge in [0.25, 0.3) is 0 Å². The van der Waals surface area contributed by atoms with Gasteiger partial charge in [-0.2, -0.15) is 0 Å². The van der Waals surface area contributed by atoms with E-state index < -0.39 is 0 Å². The van der Waals surface area contributed by atoms with Crippen molar-refractivity contribution in [1.82, 2.24) is 4.90 Å². The Bertz CT molecular complexity index is 471. The summed E-state index contributed by atoms with van der Waals surface area (Å²) < 4.78 is 6.05. The molecule has 2 aliphatic rings. The van der Waals surface area contributed by atoms with E-state index in [4.69, 9.17) is 10.5 Å². The van der Waals surface area contributed by atoms with Crippen molar-refractivity contribution >= 4 is 11.4 Å². The SMILES string of the molecule is CCC1CN(CCN2CCCCC2)c2c(N)cccc2O1. The smallest absolute Gasteiger partial charge is 0.145 e. The third-order valence-corrected chi connectivity index (χ3v) is 4.65. The summed E-state index contributed by atoms with van der Waals surface area (Å²) in [5, 5.41) is 0. The lowest BCUT2D eigenvalue weighted by Crippen LogP contribution is -2.44. The van der Waals surface area contributed by atoms with Gasteiger partial charge in [-0.25, -0.2) is 0 Å². The number of benzene rings is 1. The first kappa shape index (κ1) is 14.5. The molecule has 2 N–H and O–H groups in total. The van der Waals surface area contributed by atoms with Crippen molar-refractivity contribution in [2.45, 2.75) is 38.7 Å². The topological polar surface area (TPSA) is 41.7 Å². The summed E-state index contributed by atoms with van der Waals surface area (Å²) >= 11 is 0. The highest BCUT2D eigenvalue weighted by molar-refractivity contribution is 5.75. The molecule has 4 heteroatoms. The zero-order chi connectivity index (χ0) is 14.7. The average Bonchev–Trinajstić information content (AvgIpc) is 2.53. The average molecular weight is 289 g/mol. The minimum atomic E-state index is 0.278. The van der Waals surface area contributed by atoms with E-state index in [1.807, 2.05) is 18.2 Å². The summed E-state index contributed by atoms with van der Waals surface area (Å²) in [5.74, 6) is 0.951. The van der Waals surface area contributed by atoms with Crippen molar-refractivity contribution in [2.24, 2.45) is 0 Å². The molecule has 116 valence electrons. The quantitative estimate of drug-likeness (QED) is 0.865. The minimum absolute atomic E-state index is 0.278. The summed E-state index contributed by atoms with van der Waals surface area (Å²) in [6.07, 6.45) is 5.40. The van der Waals surface area contributed by atoms with Gasteiger partial charge in [0.15, 0.2) is 0 Å². The molecule has 4 nitrogen and oxygen atoms in total. The molecular weight excluding hydrogens is 262 g/mol. The number of anilines is 2. The molecule has 1 saturated heterocycles. The number of piperidine rings is 1. The Morgan fingerprint density at radius 3 is 2.76 bits per heavy atom. The predicted molar refractivity (Wildman–Crippen MR) is 88.1 cm³/mol. The van der Waals surface area contributed by atoms with Crippen molar-refractivity contribution < 1.29 is 4.74 Å². The van der Waals surface area contributed by atoms with Gasteiger partial charge in [-0.05, 0) is 44.5 Å². The van der Waals surface area contributed by atoms with Crippen molar-refractivity contribution in [1.29, 1.82) is 0 Å². The molecule has 21 heavy (non-hydrogen) atoms. The van der Waals surface area contributed by atoms with E-state index in [1.54, 1.807) is 0 Å². The number of rotatable bonds is 4. The summed E-state index contributed by atoms with van der Waals surface area (Å²) in [4.78, 5) is 5.01. The fraction of sp³-hybridized carbons (Fsp3) is 0.647. The lowest BCUT2D eigenvalue weighted by molar-refractivity contribution is 0.183. The number of ether oxygens (including phenoxy) is 1. The first-order chi connectivity index (χ1) is 10.3. The molecule has 0 saturated carbocycles. The Labute approximate surface area is 127 Å². The fourth-order valence-electron chi connectivity index (χ4n) is 3.39. The predicted octanol–water partition coefficient (Wildman–Crippen LogP) is 2.73. The van der Waals surface area contributed by atoms with Crippen LogP contribution in [0.1, 0.15) is 32.6 Å². The Morgan fingerprint density at radius 2 is 2.00 bits per heavy atom. The molecule has 0 aromatic heterocycles. The van der Waals surface area contributed by atoms with Crippen LogP contribution in [0.25, 0.3) is 0 Å². The van der Waals surface area contributed by atoms with E-state index >= 15 is 0 Å². The highest BCUT2D eigenvalue weighted by Gasteiger charge is 2.26. The zero-order valence-electron chi connectivity index (χ0n) is 13.1. The monoisotopic (exact) mass is 289 g/mol. The summed E-state index contributed by atoms with van der Waals surface area (Å²) in [6.45, 7) is 7.80. The van der Waals surface area contributed by atoms with Crippen LogP contribution < -0.4 is 15.4 Å². The largest absolute Gasteiger partial charge is 0.486 e. The van der Waals surface area contributed by atoms with E-state index in [2.05, 4.69) is 16.7 Å². The molecule has 0 bridgehead atoms. The maximum atomic E-state index is 6.19. The number of fused-ring (bicyclic) bond motifs is 1. The highest BCUT2D eigenvalue weighted by atomic mass is 16.5. The lowest BCUT2D eigenvalue weighted by atomic mass is 10.1. The molecule has 1 aromatic rings. The van der Waals surface area contributed by atoms with Gasteiger partial charge in [-0.3, -0.25) is 0 Å². The van der Waals surface area contributed by atoms with Gasteiger partial charge in [0.1, 0.15) is 17.5 Å². The Hall–Kier alpha value is -1.42. The van der Waals surface area contributed by atoms with Gasteiger partial charge in [-0.1, -0.05) is 19.4 Å². The van der Waals surface area contributed by atoms with Crippen LogP contribution in [0.2, 0.25) is 0 Å². The molecule has 2 aliphatic heterocycles. The number of hydrogen-bond donors (Lipinski definition) is 1. The molecule has 1 atom stereocenters. The summed E-state index contributed by atoms with van der Waals surface area (Å²) in [6, 6.07) is 6.00. The van der Waals surface area contributed by atoms with Gasteiger partial charge in [0, 0.05) is 13.1 Å². The van der Waals surface area contributed by atoms with Gasteiger partial charge in [-0.15, -0.1) is 0 Å². The molecule has 0 spiro atoms. The van der Waals surface area contributed by atoms with Crippen LogP contribution in [-0.2, 0) is 0 Å². The van der Waals surface area contributed by atoms with Crippen LogP contribution >= 0.6 is 0 Å². The number of likely N-dealkylation sites (tertiary alicyclic amines) is 1. The Balaban J connectivity index is 1.71. The molecule has 1 fully saturated rings. The Morgan fingerprint density at radius 1 is 1.19 bits per heavy atom. The molecule has 0 amide bonds. The minimum Gasteiger partial charge on any atom is -0.486 e. The van der Waals surface area contributed by atoms with Gasteiger partial charge >= 0.3 is 0 Å². The second kappa shape index (κ2) is 6.56. The van der Waals surface area contributed by atoms with Crippen molar-refractivity contribution in [3.8, 4) is 5.75 Å². The third kappa shape index (κ3) is 3.26. The second-order valence-electron chi connectivity index (χ2n) is 6.19. The molecule has 1 aromatic carbocycles. The number of hydrogen-bond acceptors (Lipinski definition) is 4. The molecular formula is C17H27N3O. The fourth-order valence-corrected chi connectivity index (χ4v) is 3.39. The van der Waals surface area contributed by atoms with Crippen molar-refractivity contribution in [2.75, 3.05) is 43.4 Å². The van der Waals surface area contributed by atoms with Crippen LogP contribution in [0.5, 0.6) is 5.75 Å². The summed E-state index contributed by atoms with van der Waals surface area (Å²) in [5.41, 5.74) is 8.12. The number of nitrogen functional groups attached to an aromatic ring is 1. The van der Waals surface area contributed by atoms with Gasteiger partial charge < -0.3 is 20.3 Å². The molecule has 3 rings (SSSR count). The summed E-state index contributed by atoms with van der Waals surface area (Å²) in [7, 11) is 0. The van der Waals surface area contributed by atoms with E-state index in [1.165, 1.54) is 32.4 Å². The van der Waals surface area contributed by atoms with Gasteiger partial charge in [0.05, 0.1) is 12.2 Å². The maximum Gasteiger partial charge on any atom is 0.145 e. The normalized spacial score (nSPS) is 22.7. The second-order valence-corrected chi connectivity index (χ2v) is 6.19. The first-order valence-electron chi connectivity index (χ1n) is 8.30. The van der Waals surface area contributed by atoms with Gasteiger partial charge in [0.2, 0.25) is 0 Å². The third-order valence-electron chi connectivity index (χ3n) is 4.65. The maximum absolute atomic E-state index is 6.19. The number of nitrogens with two attached hydrogens (primary N) is 1. The number of para-hydroxylation sites is 1. The highest BCUT2D eigenvalue weighted by Crippen LogP contribution is 2.38. The Kier molecular flexibility index (Phi) is 4.54. The van der Waals surface area contributed by atoms with E-state index in [9.17, 15) is 0 Å². The van der Waals surface area contributed by atoms with E-state index in [0.29, 0.717) is 0 Å². The van der Waals surface area contributed by atoms with E-state index in [0.717, 1.165) is 43.2 Å². The van der Waals surface area contributed by atoms with Crippen LogP contribution in [0.15, 0.2) is 18.2 Å². The van der Waals surface area contributed by atoms with Crippen LogP contribution in [0.4, 0.5) is 11.4 Å². The molecule has 1 unspecified atom stereocenters. The number of nitrogens with zero attached hydrogens (tertiary/aromatic N) is 2. The van der Waals surface area contributed by atoms with Crippen molar-refractivity contribution in [3.63, 3.8) is 0 Å². The zero-order valence-corrected chi connectivity index (χ0v) is 13.1.